The third-order valence-electron chi connectivity index (χ3n) is 4.49. The van der Waals surface area contributed by atoms with Crippen LogP contribution in [0.15, 0.2) is 53.5 Å². The summed E-state index contributed by atoms with van der Waals surface area (Å²) in [6.07, 6.45) is 0.913. The molecule has 0 saturated heterocycles. The van der Waals surface area contributed by atoms with Gasteiger partial charge in [0, 0.05) is 24.7 Å². The van der Waals surface area contributed by atoms with Crippen LogP contribution in [0.3, 0.4) is 0 Å². The molecule has 29 heavy (non-hydrogen) atoms. The first-order chi connectivity index (χ1) is 13.5. The highest BCUT2D eigenvalue weighted by molar-refractivity contribution is 14.0. The Labute approximate surface area is 191 Å². The summed E-state index contributed by atoms with van der Waals surface area (Å²) in [6, 6.07) is 16.2. The van der Waals surface area contributed by atoms with Gasteiger partial charge < -0.3 is 16.0 Å². The number of aryl methyl sites for hydroxylation is 1. The van der Waals surface area contributed by atoms with Crippen molar-refractivity contribution < 1.29 is 4.79 Å². The minimum Gasteiger partial charge on any atom is -0.357 e. The van der Waals surface area contributed by atoms with Gasteiger partial charge in [0.05, 0.1) is 6.54 Å². The maximum atomic E-state index is 12.3. The normalized spacial score (nSPS) is 11.9. The number of hydrogen-bond donors (Lipinski definition) is 3. The summed E-state index contributed by atoms with van der Waals surface area (Å²) < 4.78 is 0. The summed E-state index contributed by atoms with van der Waals surface area (Å²) in [4.78, 5) is 17.0. The number of amides is 1. The van der Waals surface area contributed by atoms with E-state index in [4.69, 9.17) is 0 Å². The predicted molar refractivity (Wildman–Crippen MR) is 132 cm³/mol. The molecule has 0 spiro atoms. The van der Waals surface area contributed by atoms with Gasteiger partial charge in [-0.3, -0.25) is 4.79 Å². The van der Waals surface area contributed by atoms with Crippen molar-refractivity contribution in [3.05, 3.63) is 70.8 Å². The maximum absolute atomic E-state index is 12.3. The Morgan fingerprint density at radius 2 is 1.76 bits per heavy atom. The summed E-state index contributed by atoms with van der Waals surface area (Å²) in [6.45, 7) is 10.2. The van der Waals surface area contributed by atoms with E-state index in [2.05, 4.69) is 59.1 Å². The summed E-state index contributed by atoms with van der Waals surface area (Å²) in [7, 11) is 0. The summed E-state index contributed by atoms with van der Waals surface area (Å²) in [5, 5.41) is 9.62. The Balaban J connectivity index is 0.00000420. The number of nitrogens with zero attached hydrogens (tertiary/aromatic N) is 1. The number of nitrogens with one attached hydrogen (secondary N) is 3. The van der Waals surface area contributed by atoms with E-state index >= 15 is 0 Å². The van der Waals surface area contributed by atoms with Gasteiger partial charge in [-0.2, -0.15) is 0 Å². The van der Waals surface area contributed by atoms with Crippen molar-refractivity contribution in [2.24, 2.45) is 4.99 Å². The van der Waals surface area contributed by atoms with Crippen LogP contribution in [0.5, 0.6) is 0 Å². The van der Waals surface area contributed by atoms with E-state index < -0.39 is 0 Å². The molecule has 3 N–H and O–H groups in total. The van der Waals surface area contributed by atoms with E-state index in [1.165, 1.54) is 11.1 Å². The Morgan fingerprint density at radius 1 is 1.03 bits per heavy atom. The third kappa shape index (κ3) is 8.85. The van der Waals surface area contributed by atoms with Crippen LogP contribution in [0.25, 0.3) is 0 Å². The largest absolute Gasteiger partial charge is 0.357 e. The molecule has 5 nitrogen and oxygen atoms in total. The fourth-order valence-corrected chi connectivity index (χ4v) is 2.74. The van der Waals surface area contributed by atoms with Crippen LogP contribution in [0.4, 0.5) is 0 Å². The van der Waals surface area contributed by atoms with E-state index in [9.17, 15) is 4.79 Å². The zero-order valence-electron chi connectivity index (χ0n) is 17.8. The smallest absolute Gasteiger partial charge is 0.251 e. The molecule has 2 aromatic rings. The minimum absolute atomic E-state index is 0. The summed E-state index contributed by atoms with van der Waals surface area (Å²) in [5.41, 5.74) is 4.14. The number of aliphatic imine (C=N–C) groups is 1. The molecule has 0 aliphatic carbocycles. The van der Waals surface area contributed by atoms with Gasteiger partial charge in [-0.1, -0.05) is 48.9 Å². The summed E-state index contributed by atoms with van der Waals surface area (Å²) >= 11 is 0. The van der Waals surface area contributed by atoms with Crippen LogP contribution in [0.1, 0.15) is 54.2 Å². The van der Waals surface area contributed by atoms with E-state index in [0.29, 0.717) is 18.7 Å². The molecule has 0 heterocycles. The number of guanidine groups is 1. The molecule has 0 aromatic heterocycles. The topological polar surface area (TPSA) is 65.5 Å². The molecule has 1 atom stereocenters. The Bertz CT molecular complexity index is 807. The van der Waals surface area contributed by atoms with Crippen molar-refractivity contribution in [2.75, 3.05) is 6.54 Å². The van der Waals surface area contributed by atoms with Crippen molar-refractivity contribution in [3.63, 3.8) is 0 Å². The van der Waals surface area contributed by atoms with Crippen molar-refractivity contribution in [2.45, 2.75) is 53.2 Å². The first-order valence-corrected chi connectivity index (χ1v) is 9.99. The molecule has 2 aromatic carbocycles. The average Bonchev–Trinajstić information content (AvgIpc) is 2.70. The van der Waals surface area contributed by atoms with Crippen molar-refractivity contribution in [3.8, 4) is 0 Å². The lowest BCUT2D eigenvalue weighted by Gasteiger charge is -2.13. The van der Waals surface area contributed by atoms with Gasteiger partial charge in [-0.15, -0.1) is 24.0 Å². The number of carbonyl (C=O) groups excluding carboxylic acids is 1. The molecular formula is C23H33IN4O. The molecule has 0 fully saturated rings. The van der Waals surface area contributed by atoms with Gasteiger partial charge in [-0.25, -0.2) is 4.99 Å². The van der Waals surface area contributed by atoms with Gasteiger partial charge in [0.2, 0.25) is 0 Å². The molecule has 0 radical (unpaired) electrons. The second-order valence-electron chi connectivity index (χ2n) is 7.02. The van der Waals surface area contributed by atoms with Gasteiger partial charge in [0.15, 0.2) is 5.96 Å². The number of carbonyl (C=O) groups is 1. The van der Waals surface area contributed by atoms with Crippen molar-refractivity contribution in [1.82, 2.24) is 16.0 Å². The third-order valence-corrected chi connectivity index (χ3v) is 4.49. The highest BCUT2D eigenvalue weighted by Gasteiger charge is 2.09. The van der Waals surface area contributed by atoms with Crippen LogP contribution in [0.2, 0.25) is 0 Å². The zero-order valence-corrected chi connectivity index (χ0v) is 20.1. The van der Waals surface area contributed by atoms with Crippen LogP contribution in [0, 0.1) is 6.92 Å². The minimum atomic E-state index is -0.0313. The van der Waals surface area contributed by atoms with E-state index in [1.807, 2.05) is 38.1 Å². The Hall–Kier alpha value is -2.09. The van der Waals surface area contributed by atoms with Crippen LogP contribution in [-0.2, 0) is 13.1 Å². The van der Waals surface area contributed by atoms with E-state index in [-0.39, 0.29) is 35.9 Å². The average molecular weight is 508 g/mol. The van der Waals surface area contributed by atoms with E-state index in [1.54, 1.807) is 0 Å². The lowest BCUT2D eigenvalue weighted by Crippen LogP contribution is -2.37. The molecular weight excluding hydrogens is 475 g/mol. The number of rotatable bonds is 8. The molecule has 1 unspecified atom stereocenters. The molecule has 0 saturated carbocycles. The number of benzene rings is 2. The van der Waals surface area contributed by atoms with Gasteiger partial charge in [0.25, 0.3) is 5.91 Å². The maximum Gasteiger partial charge on any atom is 0.251 e. The molecule has 0 aliphatic heterocycles. The quantitative estimate of drug-likeness (QED) is 0.282. The fourth-order valence-electron chi connectivity index (χ4n) is 2.74. The second-order valence-corrected chi connectivity index (χ2v) is 7.02. The predicted octanol–water partition coefficient (Wildman–Crippen LogP) is 4.40. The van der Waals surface area contributed by atoms with Crippen LogP contribution in [-0.4, -0.2) is 24.5 Å². The molecule has 0 aliphatic rings. The highest BCUT2D eigenvalue weighted by Crippen LogP contribution is 2.07. The lowest BCUT2D eigenvalue weighted by molar-refractivity contribution is 0.0939. The highest BCUT2D eigenvalue weighted by atomic mass is 127. The summed E-state index contributed by atoms with van der Waals surface area (Å²) in [5.74, 6) is 0.731. The molecule has 6 heteroatoms. The molecule has 1 amide bonds. The molecule has 2 rings (SSSR count). The monoisotopic (exact) mass is 508 g/mol. The van der Waals surface area contributed by atoms with Gasteiger partial charge in [0.1, 0.15) is 0 Å². The first kappa shape index (κ1) is 24.9. The fraction of sp³-hybridized carbons (Fsp3) is 0.391. The Morgan fingerprint density at radius 3 is 2.45 bits per heavy atom. The Kier molecular flexibility index (Phi) is 11.3. The number of hydrogen-bond acceptors (Lipinski definition) is 2. The van der Waals surface area contributed by atoms with Gasteiger partial charge >= 0.3 is 0 Å². The number of halogens is 1. The SMILES string of the molecule is CCNC(=NCc1cccc(C)c1)NCc1cccc(C(=O)NC(C)CC)c1.I. The molecule has 158 valence electrons. The second kappa shape index (κ2) is 13.2. The zero-order chi connectivity index (χ0) is 20.4. The lowest BCUT2D eigenvalue weighted by atomic mass is 10.1. The first-order valence-electron chi connectivity index (χ1n) is 9.99. The van der Waals surface area contributed by atoms with Crippen molar-refractivity contribution >= 4 is 35.8 Å². The van der Waals surface area contributed by atoms with E-state index in [0.717, 1.165) is 24.5 Å². The van der Waals surface area contributed by atoms with Crippen molar-refractivity contribution in [1.29, 1.82) is 0 Å². The van der Waals surface area contributed by atoms with Crippen LogP contribution >= 0.6 is 24.0 Å². The van der Waals surface area contributed by atoms with Gasteiger partial charge in [-0.05, 0) is 50.5 Å². The molecule has 0 bridgehead atoms. The van der Waals surface area contributed by atoms with Crippen LogP contribution < -0.4 is 16.0 Å². The standard InChI is InChI=1S/C23H32N4O.HI/c1-5-18(4)27-22(28)21-12-8-11-20(14-21)16-26-23(24-6-2)25-15-19-10-7-9-17(3)13-19;/h7-14,18H,5-6,15-16H2,1-4H3,(H,27,28)(H2,24,25,26);1H.